The van der Waals surface area contributed by atoms with Gasteiger partial charge in [-0.1, -0.05) is 42.5 Å². The van der Waals surface area contributed by atoms with E-state index < -0.39 is 0 Å². The number of hydrogen-bond acceptors (Lipinski definition) is 3. The maximum absolute atomic E-state index is 11.8. The van der Waals surface area contributed by atoms with Crippen LogP contribution in [0.2, 0.25) is 0 Å². The lowest BCUT2D eigenvalue weighted by Crippen LogP contribution is -2.24. The summed E-state index contributed by atoms with van der Waals surface area (Å²) in [5, 5.41) is 2.94. The molecule has 4 heteroatoms. The second-order valence-corrected chi connectivity index (χ2v) is 6.47. The summed E-state index contributed by atoms with van der Waals surface area (Å²) in [6.07, 6.45) is 2.07. The molecule has 0 aliphatic heterocycles. The van der Waals surface area contributed by atoms with Gasteiger partial charge in [0.2, 0.25) is 5.91 Å². The molecule has 0 saturated heterocycles. The Kier molecular flexibility index (Phi) is 6.70. The highest BCUT2D eigenvalue weighted by Crippen LogP contribution is 2.18. The molecule has 0 heterocycles. The summed E-state index contributed by atoms with van der Waals surface area (Å²) in [5.41, 5.74) is 2.39. The summed E-state index contributed by atoms with van der Waals surface area (Å²) in [5.74, 6) is 1.45. The Balaban J connectivity index is 1.66. The van der Waals surface area contributed by atoms with Crippen LogP contribution in [0.15, 0.2) is 59.5 Å². The summed E-state index contributed by atoms with van der Waals surface area (Å²) in [7, 11) is 0. The lowest BCUT2D eigenvalue weighted by molar-refractivity contribution is -0.118. The Labute approximate surface area is 134 Å². The molecular formula is C17H19NOS2. The van der Waals surface area contributed by atoms with Gasteiger partial charge in [-0.25, -0.2) is 0 Å². The fourth-order valence-corrected chi connectivity index (χ4v) is 3.06. The highest BCUT2D eigenvalue weighted by molar-refractivity contribution is 7.99. The molecule has 0 aliphatic rings. The van der Waals surface area contributed by atoms with Crippen LogP contribution in [0.5, 0.6) is 0 Å². The van der Waals surface area contributed by atoms with Crippen LogP contribution >= 0.6 is 23.5 Å². The third kappa shape index (κ3) is 5.86. The summed E-state index contributed by atoms with van der Waals surface area (Å²) >= 11 is 3.38. The number of amides is 1. The topological polar surface area (TPSA) is 29.1 Å². The van der Waals surface area contributed by atoms with Crippen molar-refractivity contribution in [1.82, 2.24) is 5.32 Å². The molecule has 0 atom stereocenters. The SMILES string of the molecule is CSc1ccc(CSCC(=O)NCc2ccccc2)cc1. The van der Waals surface area contributed by atoms with Crippen LogP contribution in [-0.2, 0) is 17.1 Å². The van der Waals surface area contributed by atoms with Crippen LogP contribution in [0, 0.1) is 0 Å². The van der Waals surface area contributed by atoms with Gasteiger partial charge < -0.3 is 5.32 Å². The number of carbonyl (C=O) groups excluding carboxylic acids is 1. The Morgan fingerprint density at radius 2 is 1.71 bits per heavy atom. The van der Waals surface area contributed by atoms with Gasteiger partial charge in [0.05, 0.1) is 5.75 Å². The van der Waals surface area contributed by atoms with Gasteiger partial charge >= 0.3 is 0 Å². The Morgan fingerprint density at radius 1 is 1.00 bits per heavy atom. The lowest BCUT2D eigenvalue weighted by Gasteiger charge is -2.06. The first-order valence-electron chi connectivity index (χ1n) is 6.79. The third-order valence-corrected chi connectivity index (χ3v) is 4.74. The lowest BCUT2D eigenvalue weighted by atomic mass is 10.2. The first-order chi connectivity index (χ1) is 10.3. The molecule has 0 aromatic heterocycles. The molecule has 0 spiro atoms. The predicted octanol–water partition coefficient (Wildman–Crippen LogP) is 3.96. The van der Waals surface area contributed by atoms with E-state index in [1.165, 1.54) is 10.5 Å². The molecule has 110 valence electrons. The summed E-state index contributed by atoms with van der Waals surface area (Å²) in [4.78, 5) is 13.0. The van der Waals surface area contributed by atoms with Crippen LogP contribution in [0.25, 0.3) is 0 Å². The van der Waals surface area contributed by atoms with Crippen molar-refractivity contribution in [2.75, 3.05) is 12.0 Å². The Hall–Kier alpha value is -1.39. The number of thioether (sulfide) groups is 2. The second-order valence-electron chi connectivity index (χ2n) is 4.60. The molecular weight excluding hydrogens is 298 g/mol. The molecule has 2 aromatic carbocycles. The number of nitrogens with one attached hydrogen (secondary N) is 1. The van der Waals surface area contributed by atoms with Crippen LogP contribution in [0.3, 0.4) is 0 Å². The van der Waals surface area contributed by atoms with Gasteiger partial charge in [-0.15, -0.1) is 23.5 Å². The van der Waals surface area contributed by atoms with Gasteiger partial charge in [-0.05, 0) is 29.5 Å². The molecule has 2 aromatic rings. The molecule has 0 bridgehead atoms. The standard InChI is InChI=1S/C17H19NOS2/c1-20-16-9-7-15(8-10-16)12-21-13-17(19)18-11-14-5-3-2-4-6-14/h2-10H,11-13H2,1H3,(H,18,19). The highest BCUT2D eigenvalue weighted by Gasteiger charge is 2.02. The van der Waals surface area contributed by atoms with Crippen molar-refractivity contribution in [2.24, 2.45) is 0 Å². The fourth-order valence-electron chi connectivity index (χ4n) is 1.83. The Bertz CT molecular complexity index is 555. The number of carbonyl (C=O) groups is 1. The van der Waals surface area contributed by atoms with Crippen molar-refractivity contribution >= 4 is 29.4 Å². The minimum absolute atomic E-state index is 0.0876. The van der Waals surface area contributed by atoms with Gasteiger partial charge in [-0.3, -0.25) is 4.79 Å². The fraction of sp³-hybridized carbons (Fsp3) is 0.235. The average Bonchev–Trinajstić information content (AvgIpc) is 2.54. The highest BCUT2D eigenvalue weighted by atomic mass is 32.2. The average molecular weight is 317 g/mol. The monoisotopic (exact) mass is 317 g/mol. The zero-order chi connectivity index (χ0) is 14.9. The van der Waals surface area contributed by atoms with Crippen LogP contribution < -0.4 is 5.32 Å². The smallest absolute Gasteiger partial charge is 0.230 e. The van der Waals surface area contributed by atoms with Crippen molar-refractivity contribution in [3.05, 3.63) is 65.7 Å². The van der Waals surface area contributed by atoms with E-state index in [0.29, 0.717) is 12.3 Å². The maximum atomic E-state index is 11.8. The van der Waals surface area contributed by atoms with Gasteiger partial charge in [0.1, 0.15) is 0 Å². The molecule has 1 amide bonds. The molecule has 0 fully saturated rings. The van der Waals surface area contributed by atoms with E-state index in [0.717, 1.165) is 11.3 Å². The first-order valence-corrected chi connectivity index (χ1v) is 9.17. The number of rotatable bonds is 7. The van der Waals surface area contributed by atoms with Crippen molar-refractivity contribution in [3.63, 3.8) is 0 Å². The Morgan fingerprint density at radius 3 is 2.38 bits per heavy atom. The van der Waals surface area contributed by atoms with Crippen molar-refractivity contribution in [1.29, 1.82) is 0 Å². The number of hydrogen-bond donors (Lipinski definition) is 1. The van der Waals surface area contributed by atoms with E-state index in [4.69, 9.17) is 0 Å². The minimum atomic E-state index is 0.0876. The largest absolute Gasteiger partial charge is 0.351 e. The minimum Gasteiger partial charge on any atom is -0.351 e. The van der Waals surface area contributed by atoms with Gasteiger partial charge in [0, 0.05) is 17.2 Å². The van der Waals surface area contributed by atoms with Crippen molar-refractivity contribution < 1.29 is 4.79 Å². The van der Waals surface area contributed by atoms with Crippen LogP contribution in [-0.4, -0.2) is 17.9 Å². The normalized spacial score (nSPS) is 10.3. The van der Waals surface area contributed by atoms with Gasteiger partial charge in [-0.2, -0.15) is 0 Å². The quantitative estimate of drug-likeness (QED) is 0.784. The maximum Gasteiger partial charge on any atom is 0.230 e. The zero-order valence-electron chi connectivity index (χ0n) is 12.0. The molecule has 2 nitrogen and oxygen atoms in total. The second kappa shape index (κ2) is 8.80. The van der Waals surface area contributed by atoms with E-state index >= 15 is 0 Å². The number of benzene rings is 2. The molecule has 1 N–H and O–H groups in total. The predicted molar refractivity (Wildman–Crippen MR) is 92.7 cm³/mol. The van der Waals surface area contributed by atoms with Gasteiger partial charge in [0.25, 0.3) is 0 Å². The van der Waals surface area contributed by atoms with Crippen LogP contribution in [0.1, 0.15) is 11.1 Å². The summed E-state index contributed by atoms with van der Waals surface area (Å²) < 4.78 is 0. The van der Waals surface area contributed by atoms with Gasteiger partial charge in [0.15, 0.2) is 0 Å². The van der Waals surface area contributed by atoms with Crippen molar-refractivity contribution in [3.8, 4) is 0 Å². The van der Waals surface area contributed by atoms with E-state index in [-0.39, 0.29) is 5.91 Å². The summed E-state index contributed by atoms with van der Waals surface area (Å²) in [6.45, 7) is 0.600. The molecule has 0 aliphatic carbocycles. The summed E-state index contributed by atoms with van der Waals surface area (Å²) in [6, 6.07) is 18.5. The third-order valence-electron chi connectivity index (χ3n) is 2.99. The molecule has 21 heavy (non-hydrogen) atoms. The molecule has 0 saturated carbocycles. The molecule has 2 rings (SSSR count). The van der Waals surface area contributed by atoms with Crippen LogP contribution in [0.4, 0.5) is 0 Å². The molecule has 0 unspecified atom stereocenters. The van der Waals surface area contributed by atoms with Crippen molar-refractivity contribution in [2.45, 2.75) is 17.2 Å². The van der Waals surface area contributed by atoms with E-state index in [2.05, 4.69) is 35.8 Å². The van der Waals surface area contributed by atoms with E-state index in [9.17, 15) is 4.79 Å². The molecule has 0 radical (unpaired) electrons. The zero-order valence-corrected chi connectivity index (χ0v) is 13.7. The van der Waals surface area contributed by atoms with E-state index in [1.54, 1.807) is 23.5 Å². The van der Waals surface area contributed by atoms with E-state index in [1.807, 2.05) is 30.3 Å². The first kappa shape index (κ1) is 16.0.